The quantitative estimate of drug-likeness (QED) is 0.312. The van der Waals surface area contributed by atoms with Crippen LogP contribution in [-0.2, 0) is 19.1 Å². The lowest BCUT2D eigenvalue weighted by Gasteiger charge is -2.43. The number of nitrogens with one attached hydrogen (secondary N) is 1. The molecule has 3 fully saturated rings. The topological polar surface area (TPSA) is 115 Å². The molecule has 4 aliphatic rings. The average Bonchev–Trinajstić information content (AvgIpc) is 3.71. The first-order chi connectivity index (χ1) is 20.3. The third kappa shape index (κ3) is 4.11. The zero-order valence-electron chi connectivity index (χ0n) is 23.3. The molecule has 2 bridgehead atoms. The van der Waals surface area contributed by atoms with Crippen molar-refractivity contribution in [1.29, 1.82) is 0 Å². The van der Waals surface area contributed by atoms with Gasteiger partial charge >= 0.3 is 10.8 Å². The number of thioether (sulfide) groups is 1. The number of hydrogen-bond acceptors (Lipinski definition) is 9. The molecule has 6 unspecified atom stereocenters. The van der Waals surface area contributed by atoms with E-state index in [4.69, 9.17) is 14.2 Å². The normalized spacial score (nSPS) is 28.8. The third-order valence-electron chi connectivity index (χ3n) is 9.21. The number of methoxy groups -OCH3 is 1. The third-order valence-corrected chi connectivity index (χ3v) is 11.8. The van der Waals surface area contributed by atoms with Gasteiger partial charge in [0.05, 0.1) is 36.3 Å². The standard InChI is InChI=1S/C31H30N2O7S2/c1-4-39-21(34)13-40-19-10-7-15(11-20(19)38-3)22-23-17-12-18(26(23)41-28-27(22)42-31(37)32-28)25-24(17)29(35)33(30(25)36)16-8-5-14(2)6-9-16/h5-11,17-18,22-26H,4,12-13H2,1-3H3,(H,32,37)/t17?,18?,22-,23?,24?,25?,26?/m1/s1. The van der Waals surface area contributed by atoms with Crippen molar-refractivity contribution in [2.75, 3.05) is 25.2 Å². The minimum atomic E-state index is -0.468. The fourth-order valence-electron chi connectivity index (χ4n) is 7.67. The van der Waals surface area contributed by atoms with Crippen molar-refractivity contribution in [3.8, 4) is 11.5 Å². The highest BCUT2D eigenvalue weighted by atomic mass is 32.2. The molecule has 7 atom stereocenters. The largest absolute Gasteiger partial charge is 0.493 e. The molecule has 2 aliphatic heterocycles. The van der Waals surface area contributed by atoms with Gasteiger partial charge in [0.1, 0.15) is 0 Å². The summed E-state index contributed by atoms with van der Waals surface area (Å²) in [5.41, 5.74) is 2.64. The minimum absolute atomic E-state index is 0.00508. The number of carbonyl (C=O) groups is 3. The van der Waals surface area contributed by atoms with Gasteiger partial charge in [0, 0.05) is 16.0 Å². The van der Waals surface area contributed by atoms with Crippen LogP contribution in [0.1, 0.15) is 35.3 Å². The molecule has 3 aromatic rings. The van der Waals surface area contributed by atoms with Gasteiger partial charge in [0.2, 0.25) is 11.8 Å². The van der Waals surface area contributed by atoms with Crippen LogP contribution >= 0.6 is 23.1 Å². The van der Waals surface area contributed by atoms with Gasteiger partial charge in [0.15, 0.2) is 18.1 Å². The van der Waals surface area contributed by atoms with Crippen molar-refractivity contribution >= 4 is 46.6 Å². The van der Waals surface area contributed by atoms with Crippen LogP contribution in [0.5, 0.6) is 11.5 Å². The first-order valence-corrected chi connectivity index (χ1v) is 15.8. The van der Waals surface area contributed by atoms with Crippen LogP contribution in [0.4, 0.5) is 5.69 Å². The van der Waals surface area contributed by atoms with Crippen molar-refractivity contribution in [1.82, 2.24) is 4.98 Å². The molecule has 2 amide bonds. The lowest BCUT2D eigenvalue weighted by molar-refractivity contribution is -0.145. The Bertz CT molecular complexity index is 1650. The predicted molar refractivity (Wildman–Crippen MR) is 157 cm³/mol. The summed E-state index contributed by atoms with van der Waals surface area (Å²) in [7, 11) is 1.54. The molecular weight excluding hydrogens is 576 g/mol. The van der Waals surface area contributed by atoms with E-state index in [1.165, 1.54) is 16.2 Å². The highest BCUT2D eigenvalue weighted by Gasteiger charge is 2.69. The number of anilines is 1. The van der Waals surface area contributed by atoms with Crippen LogP contribution in [0.25, 0.3) is 0 Å². The molecule has 2 saturated carbocycles. The van der Waals surface area contributed by atoms with Crippen LogP contribution in [0, 0.1) is 36.5 Å². The van der Waals surface area contributed by atoms with Crippen molar-refractivity contribution in [3.05, 3.63) is 68.1 Å². The van der Waals surface area contributed by atoms with E-state index in [0.717, 1.165) is 27.5 Å². The van der Waals surface area contributed by atoms with Gasteiger partial charge < -0.3 is 19.2 Å². The van der Waals surface area contributed by atoms with E-state index in [1.807, 2.05) is 43.3 Å². The first-order valence-electron chi connectivity index (χ1n) is 14.1. The summed E-state index contributed by atoms with van der Waals surface area (Å²) < 4.78 is 16.3. The maximum atomic E-state index is 13.9. The summed E-state index contributed by atoms with van der Waals surface area (Å²) in [4.78, 5) is 57.4. The molecule has 3 heterocycles. The number of benzene rings is 2. The Balaban J connectivity index is 1.25. The van der Waals surface area contributed by atoms with Crippen LogP contribution in [0.15, 0.2) is 52.3 Å². The number of H-pyrrole nitrogens is 1. The zero-order chi connectivity index (χ0) is 29.3. The van der Waals surface area contributed by atoms with E-state index in [1.54, 1.807) is 31.9 Å². The number of esters is 1. The molecule has 2 aliphatic carbocycles. The second kappa shape index (κ2) is 10.3. The van der Waals surface area contributed by atoms with Gasteiger partial charge in [-0.3, -0.25) is 19.3 Å². The number of nitrogens with zero attached hydrogens (tertiary/aromatic N) is 1. The van der Waals surface area contributed by atoms with Gasteiger partial charge in [-0.25, -0.2) is 4.79 Å². The van der Waals surface area contributed by atoms with E-state index >= 15 is 0 Å². The fourth-order valence-corrected chi connectivity index (χ4v) is 10.6. The number of imide groups is 1. The van der Waals surface area contributed by atoms with Gasteiger partial charge in [0.25, 0.3) is 0 Å². The lowest BCUT2D eigenvalue weighted by atomic mass is 9.68. The van der Waals surface area contributed by atoms with E-state index in [-0.39, 0.29) is 70.7 Å². The summed E-state index contributed by atoms with van der Waals surface area (Å²) >= 11 is 2.86. The molecule has 0 spiro atoms. The summed E-state index contributed by atoms with van der Waals surface area (Å²) in [6.45, 7) is 3.74. The van der Waals surface area contributed by atoms with Crippen LogP contribution in [0.3, 0.4) is 0 Å². The van der Waals surface area contributed by atoms with Gasteiger partial charge in [-0.2, -0.15) is 0 Å². The molecule has 2 aromatic carbocycles. The molecule has 1 aromatic heterocycles. The van der Waals surface area contributed by atoms with E-state index in [2.05, 4.69) is 4.98 Å². The van der Waals surface area contributed by atoms with Crippen LogP contribution in [-0.4, -0.2) is 48.3 Å². The maximum absolute atomic E-state index is 13.9. The Morgan fingerprint density at radius 1 is 1.02 bits per heavy atom. The summed E-state index contributed by atoms with van der Waals surface area (Å²) in [5.74, 6) is -0.584. The first kappa shape index (κ1) is 27.3. The molecular formula is C31H30N2O7S2. The molecule has 7 rings (SSSR count). The molecule has 1 N–H and O–H groups in total. The molecule has 11 heteroatoms. The molecule has 42 heavy (non-hydrogen) atoms. The SMILES string of the molecule is CCOC(=O)COc1ccc([C@H]2c3sc(=O)[nH]c3SC3C4CC(C5C(=O)N(c6ccc(C)cc6)C(=O)C45)C32)cc1OC. The summed E-state index contributed by atoms with van der Waals surface area (Å²) in [6.07, 6.45) is 0.810. The van der Waals surface area contributed by atoms with Crippen molar-refractivity contribution in [3.63, 3.8) is 0 Å². The lowest BCUT2D eigenvalue weighted by Crippen LogP contribution is -2.42. The summed E-state index contributed by atoms with van der Waals surface area (Å²) in [5, 5.41) is 0.925. The Morgan fingerprint density at radius 3 is 2.48 bits per heavy atom. The van der Waals surface area contributed by atoms with Crippen molar-refractivity contribution in [2.45, 2.75) is 36.5 Å². The average molecular weight is 607 g/mol. The Hall–Kier alpha value is -3.57. The number of aromatic nitrogens is 1. The number of fused-ring (bicyclic) bond motifs is 9. The number of thiazole rings is 1. The summed E-state index contributed by atoms with van der Waals surface area (Å²) in [6, 6.07) is 13.2. The van der Waals surface area contributed by atoms with Crippen molar-refractivity contribution in [2.24, 2.45) is 29.6 Å². The van der Waals surface area contributed by atoms with Crippen molar-refractivity contribution < 1.29 is 28.6 Å². The van der Waals surface area contributed by atoms with E-state index in [9.17, 15) is 19.2 Å². The molecule has 218 valence electrons. The fraction of sp³-hybridized carbons (Fsp3) is 0.419. The van der Waals surface area contributed by atoms with Gasteiger partial charge in [-0.05, 0) is 67.9 Å². The van der Waals surface area contributed by atoms with E-state index in [0.29, 0.717) is 17.2 Å². The smallest absolute Gasteiger partial charge is 0.344 e. The zero-order valence-corrected chi connectivity index (χ0v) is 25.0. The highest BCUT2D eigenvalue weighted by molar-refractivity contribution is 8.00. The molecule has 1 saturated heterocycles. The Kier molecular flexibility index (Phi) is 6.69. The highest BCUT2D eigenvalue weighted by Crippen LogP contribution is 2.68. The number of amides is 2. The minimum Gasteiger partial charge on any atom is -0.493 e. The Labute approximate surface area is 250 Å². The number of aromatic amines is 1. The second-order valence-electron chi connectivity index (χ2n) is 11.3. The molecule has 9 nitrogen and oxygen atoms in total. The Morgan fingerprint density at radius 2 is 1.76 bits per heavy atom. The second-order valence-corrected chi connectivity index (χ2v) is 13.5. The number of rotatable bonds is 7. The number of ether oxygens (including phenoxy) is 3. The maximum Gasteiger partial charge on any atom is 0.344 e. The number of aryl methyl sites for hydroxylation is 1. The number of hydrogen-bond donors (Lipinski definition) is 1. The number of carbonyl (C=O) groups excluding carboxylic acids is 3. The van der Waals surface area contributed by atoms with Crippen LogP contribution in [0.2, 0.25) is 0 Å². The van der Waals surface area contributed by atoms with Gasteiger partial charge in [-0.15, -0.1) is 11.8 Å². The van der Waals surface area contributed by atoms with Crippen LogP contribution < -0.4 is 19.2 Å². The molecule has 0 radical (unpaired) electrons. The van der Waals surface area contributed by atoms with E-state index < -0.39 is 5.97 Å². The monoisotopic (exact) mass is 606 g/mol. The predicted octanol–water partition coefficient (Wildman–Crippen LogP) is 4.37. The van der Waals surface area contributed by atoms with Gasteiger partial charge in [-0.1, -0.05) is 35.1 Å².